The van der Waals surface area contributed by atoms with Crippen LogP contribution in [0.25, 0.3) is 0 Å². The van der Waals surface area contributed by atoms with Gasteiger partial charge in [-0.3, -0.25) is 4.79 Å². The van der Waals surface area contributed by atoms with E-state index in [-0.39, 0.29) is 53.2 Å². The molecule has 3 atom stereocenters. The van der Waals surface area contributed by atoms with Crippen LogP contribution in [0, 0.1) is 17.8 Å². The van der Waals surface area contributed by atoms with Crippen LogP contribution in [0.3, 0.4) is 0 Å². The molecule has 2 aliphatic rings. The predicted octanol–water partition coefficient (Wildman–Crippen LogP) is 0.312. The van der Waals surface area contributed by atoms with Crippen LogP contribution in [0.15, 0.2) is 35.1 Å². The Morgan fingerprint density at radius 1 is 1.42 bits per heavy atom. The number of aromatic nitrogens is 1. The average Bonchev–Trinajstić information content (AvgIpc) is 3.15. The van der Waals surface area contributed by atoms with Gasteiger partial charge in [-0.05, 0) is 17.9 Å². The summed E-state index contributed by atoms with van der Waals surface area (Å²) in [5.74, 6) is -0.253. The molecule has 1 aliphatic carbocycles. The molecule has 1 aliphatic heterocycles. The quantitative estimate of drug-likeness (QED) is 0.672. The first-order valence-electron chi connectivity index (χ1n) is 8.07. The Kier molecular flexibility index (Phi) is 5.26. The fraction of sp³-hybridized carbons (Fsp3) is 0.500. The Labute approximate surface area is 150 Å². The molecular formula is C16H20FN3O5S. The van der Waals surface area contributed by atoms with Crippen LogP contribution in [0.4, 0.5) is 4.39 Å². The zero-order valence-corrected chi connectivity index (χ0v) is 15.0. The highest BCUT2D eigenvalue weighted by atomic mass is 32.2. The monoisotopic (exact) mass is 385 g/mol. The van der Waals surface area contributed by atoms with Crippen molar-refractivity contribution in [2.45, 2.75) is 4.90 Å². The summed E-state index contributed by atoms with van der Waals surface area (Å²) >= 11 is 0. The number of carbonyl (C=O) groups is 1. The number of fused-ring (bicyclic) bond motifs is 1. The first-order valence-corrected chi connectivity index (χ1v) is 9.51. The number of nitrogens with zero attached hydrogens (tertiary/aromatic N) is 2. The van der Waals surface area contributed by atoms with E-state index in [0.29, 0.717) is 19.4 Å². The third-order valence-electron chi connectivity index (χ3n) is 4.80. The van der Waals surface area contributed by atoms with Gasteiger partial charge in [-0.25, -0.2) is 17.8 Å². The summed E-state index contributed by atoms with van der Waals surface area (Å²) in [5, 5.41) is 0. The van der Waals surface area contributed by atoms with Crippen molar-refractivity contribution in [3.63, 3.8) is 0 Å². The van der Waals surface area contributed by atoms with E-state index in [1.165, 1.54) is 29.7 Å². The van der Waals surface area contributed by atoms with Gasteiger partial charge in [0, 0.05) is 31.3 Å². The molecule has 0 amide bonds. The van der Waals surface area contributed by atoms with E-state index in [1.807, 2.05) is 0 Å². The number of hydrogen-bond donors (Lipinski definition) is 1. The van der Waals surface area contributed by atoms with E-state index in [1.54, 1.807) is 0 Å². The molecule has 10 heteroatoms. The first-order chi connectivity index (χ1) is 12.4. The largest absolute Gasteiger partial charge is 0.473 e. The van der Waals surface area contributed by atoms with Gasteiger partial charge in [-0.1, -0.05) is 0 Å². The Hall–Kier alpha value is -2.04. The molecule has 1 saturated heterocycles. The second kappa shape index (κ2) is 7.29. The van der Waals surface area contributed by atoms with Crippen LogP contribution in [-0.2, 0) is 19.6 Å². The molecule has 0 spiro atoms. The predicted molar refractivity (Wildman–Crippen MR) is 89.2 cm³/mol. The Bertz CT molecular complexity index is 800. The summed E-state index contributed by atoms with van der Waals surface area (Å²) < 4.78 is 49.1. The minimum absolute atomic E-state index is 0.0207. The fourth-order valence-corrected chi connectivity index (χ4v) is 4.69. The molecule has 2 heterocycles. The molecule has 1 aromatic rings. The van der Waals surface area contributed by atoms with E-state index in [4.69, 9.17) is 15.2 Å². The minimum atomic E-state index is -3.68. The van der Waals surface area contributed by atoms with Crippen molar-refractivity contribution < 1.29 is 27.1 Å². The molecule has 8 nitrogen and oxygen atoms in total. The minimum Gasteiger partial charge on any atom is -0.473 e. The number of esters is 1. The second-order valence-corrected chi connectivity index (χ2v) is 8.23. The van der Waals surface area contributed by atoms with Gasteiger partial charge in [0.05, 0.1) is 25.6 Å². The van der Waals surface area contributed by atoms with Crippen LogP contribution in [0.5, 0.6) is 5.88 Å². The SMILES string of the molecule is COC(=O)[C@H]1[C@@H]2CN(S(=O)(=O)c3ccc(OC/C(=C/F)CN)nc3)C[C@@H]21. The maximum atomic E-state index is 12.7. The lowest BCUT2D eigenvalue weighted by atomic mass is 10.3. The third-order valence-corrected chi connectivity index (χ3v) is 6.62. The van der Waals surface area contributed by atoms with Crippen LogP contribution < -0.4 is 10.5 Å². The molecule has 2 fully saturated rings. The smallest absolute Gasteiger partial charge is 0.309 e. The molecule has 0 unspecified atom stereocenters. The van der Waals surface area contributed by atoms with Crippen molar-refractivity contribution in [1.82, 2.24) is 9.29 Å². The van der Waals surface area contributed by atoms with Crippen molar-refractivity contribution >= 4 is 16.0 Å². The van der Waals surface area contributed by atoms with Gasteiger partial charge >= 0.3 is 5.97 Å². The molecule has 0 bridgehead atoms. The topological polar surface area (TPSA) is 112 Å². The summed E-state index contributed by atoms with van der Waals surface area (Å²) in [5.41, 5.74) is 5.59. The van der Waals surface area contributed by atoms with Gasteiger partial charge in [0.2, 0.25) is 15.9 Å². The highest BCUT2D eigenvalue weighted by Crippen LogP contribution is 2.53. The van der Waals surface area contributed by atoms with Crippen molar-refractivity contribution in [3.8, 4) is 5.88 Å². The van der Waals surface area contributed by atoms with Gasteiger partial charge in [-0.15, -0.1) is 0 Å². The first kappa shape index (κ1) is 18.7. The maximum absolute atomic E-state index is 12.7. The molecule has 142 valence electrons. The number of hydrogen-bond acceptors (Lipinski definition) is 7. The van der Waals surface area contributed by atoms with E-state index >= 15 is 0 Å². The third kappa shape index (κ3) is 3.44. The number of carbonyl (C=O) groups excluding carboxylic acids is 1. The molecule has 26 heavy (non-hydrogen) atoms. The van der Waals surface area contributed by atoms with Gasteiger partial charge in [-0.2, -0.15) is 4.31 Å². The van der Waals surface area contributed by atoms with Crippen LogP contribution in [0.2, 0.25) is 0 Å². The normalized spacial score (nSPS) is 25.7. The Morgan fingerprint density at radius 3 is 2.62 bits per heavy atom. The number of rotatable bonds is 7. The molecule has 2 N–H and O–H groups in total. The van der Waals surface area contributed by atoms with Crippen LogP contribution in [-0.4, -0.2) is 57.0 Å². The Balaban J connectivity index is 1.62. The van der Waals surface area contributed by atoms with Gasteiger partial charge in [0.25, 0.3) is 0 Å². The highest BCUT2D eigenvalue weighted by Gasteiger charge is 2.62. The van der Waals surface area contributed by atoms with Crippen LogP contribution >= 0.6 is 0 Å². The van der Waals surface area contributed by atoms with E-state index in [0.717, 1.165) is 0 Å². The van der Waals surface area contributed by atoms with Gasteiger partial charge < -0.3 is 15.2 Å². The molecular weight excluding hydrogens is 365 g/mol. The molecule has 3 rings (SSSR count). The van der Waals surface area contributed by atoms with Crippen LogP contribution in [0.1, 0.15) is 0 Å². The number of nitrogens with two attached hydrogens (primary N) is 1. The highest BCUT2D eigenvalue weighted by molar-refractivity contribution is 7.89. The zero-order valence-electron chi connectivity index (χ0n) is 14.2. The molecule has 0 radical (unpaired) electrons. The summed E-state index contributed by atoms with van der Waals surface area (Å²) in [6.45, 7) is 0.557. The number of halogens is 1. The van der Waals surface area contributed by atoms with Crippen molar-refractivity contribution in [2.24, 2.45) is 23.5 Å². The second-order valence-electron chi connectivity index (χ2n) is 6.29. The lowest BCUT2D eigenvalue weighted by Crippen LogP contribution is -2.32. The maximum Gasteiger partial charge on any atom is 0.309 e. The lowest BCUT2D eigenvalue weighted by Gasteiger charge is -2.19. The van der Waals surface area contributed by atoms with E-state index in [9.17, 15) is 17.6 Å². The summed E-state index contributed by atoms with van der Waals surface area (Å²) in [6, 6.07) is 2.80. The summed E-state index contributed by atoms with van der Waals surface area (Å²) in [6.07, 6.45) is 1.58. The number of sulfonamides is 1. The lowest BCUT2D eigenvalue weighted by molar-refractivity contribution is -0.143. The number of piperidine rings is 1. The van der Waals surface area contributed by atoms with Crippen molar-refractivity contribution in [2.75, 3.05) is 33.4 Å². The van der Waals surface area contributed by atoms with Crippen molar-refractivity contribution in [3.05, 3.63) is 30.2 Å². The molecule has 1 aromatic heterocycles. The number of pyridine rings is 1. The van der Waals surface area contributed by atoms with E-state index in [2.05, 4.69) is 4.98 Å². The standard InChI is InChI=1S/C16H20FN3O5S/c1-24-16(21)15-12-7-20(8-13(12)15)26(22,23)11-2-3-14(19-6-11)25-9-10(4-17)5-18/h2-4,6,12-13,15H,5,7-9,18H2,1H3/b10-4+/t12-,13+,15+. The summed E-state index contributed by atoms with van der Waals surface area (Å²) in [7, 11) is -2.35. The van der Waals surface area contributed by atoms with Crippen molar-refractivity contribution in [1.29, 1.82) is 0 Å². The molecule has 1 saturated carbocycles. The van der Waals surface area contributed by atoms with Gasteiger partial charge in [0.1, 0.15) is 11.5 Å². The Morgan fingerprint density at radius 2 is 2.12 bits per heavy atom. The number of ether oxygens (including phenoxy) is 2. The fourth-order valence-electron chi connectivity index (χ4n) is 3.23. The van der Waals surface area contributed by atoms with Gasteiger partial charge in [0.15, 0.2) is 0 Å². The van der Waals surface area contributed by atoms with E-state index < -0.39 is 10.0 Å². The zero-order chi connectivity index (χ0) is 18.9. The number of methoxy groups -OCH3 is 1. The average molecular weight is 385 g/mol. The summed E-state index contributed by atoms with van der Waals surface area (Å²) in [4.78, 5) is 15.5. The molecule has 0 aromatic carbocycles.